The number of carbonyl (C=O) groups is 1. The Bertz CT molecular complexity index is 1090. The first-order valence-corrected chi connectivity index (χ1v) is 10.6. The summed E-state index contributed by atoms with van der Waals surface area (Å²) in [6.07, 6.45) is 1.73. The summed E-state index contributed by atoms with van der Waals surface area (Å²) in [5, 5.41) is 3.86. The molecule has 1 aromatic heterocycles. The van der Waals surface area contributed by atoms with Crippen molar-refractivity contribution in [1.82, 2.24) is 14.4 Å². The quantitative estimate of drug-likeness (QED) is 0.573. The van der Waals surface area contributed by atoms with Crippen LogP contribution >= 0.6 is 0 Å². The van der Waals surface area contributed by atoms with Crippen LogP contribution in [0, 0.1) is 0 Å². The van der Waals surface area contributed by atoms with E-state index in [1.807, 2.05) is 30.3 Å². The zero-order valence-corrected chi connectivity index (χ0v) is 16.3. The molecule has 0 atom stereocenters. The molecule has 9 heteroatoms. The first-order valence-electron chi connectivity index (χ1n) is 9.19. The maximum atomic E-state index is 12.5. The summed E-state index contributed by atoms with van der Waals surface area (Å²) >= 11 is 0. The smallest absolute Gasteiger partial charge is 0.338 e. The van der Waals surface area contributed by atoms with Crippen LogP contribution in [-0.2, 0) is 21.4 Å². The lowest BCUT2D eigenvalue weighted by molar-refractivity contribution is 0.0429. The molecule has 3 aromatic rings. The van der Waals surface area contributed by atoms with Gasteiger partial charge in [0.15, 0.2) is 6.61 Å². The molecular formula is C20H19N3O5S. The second-order valence-electron chi connectivity index (χ2n) is 6.59. The van der Waals surface area contributed by atoms with Gasteiger partial charge in [0, 0.05) is 18.7 Å². The zero-order valence-electron chi connectivity index (χ0n) is 15.5. The number of esters is 1. The van der Waals surface area contributed by atoms with Crippen molar-refractivity contribution in [3.05, 3.63) is 66.1 Å². The number of benzene rings is 2. The predicted molar refractivity (Wildman–Crippen MR) is 103 cm³/mol. The third-order valence-corrected chi connectivity index (χ3v) is 6.53. The molecule has 1 fully saturated rings. The van der Waals surface area contributed by atoms with Crippen LogP contribution in [0.4, 0.5) is 0 Å². The molecule has 8 nitrogen and oxygen atoms in total. The van der Waals surface area contributed by atoms with Gasteiger partial charge in [-0.05, 0) is 37.1 Å². The predicted octanol–water partition coefficient (Wildman–Crippen LogP) is 2.88. The van der Waals surface area contributed by atoms with Gasteiger partial charge in [-0.25, -0.2) is 13.2 Å². The van der Waals surface area contributed by atoms with Crippen molar-refractivity contribution < 1.29 is 22.5 Å². The van der Waals surface area contributed by atoms with Crippen molar-refractivity contribution in [2.45, 2.75) is 24.3 Å². The number of carbonyl (C=O) groups excluding carboxylic acids is 1. The highest BCUT2D eigenvalue weighted by atomic mass is 32.2. The maximum absolute atomic E-state index is 12.5. The average Bonchev–Trinajstić information content (AvgIpc) is 3.45. The number of hydrogen-bond donors (Lipinski definition) is 0. The Labute approximate surface area is 168 Å². The van der Waals surface area contributed by atoms with Crippen molar-refractivity contribution in [2.24, 2.45) is 0 Å². The topological polar surface area (TPSA) is 103 Å². The SMILES string of the molecule is O=C(OCc1nc(-c2ccccc2)no1)c1ccc(S(=O)(=O)N2CCCC2)cc1. The summed E-state index contributed by atoms with van der Waals surface area (Å²) in [5.74, 6) is -0.0202. The van der Waals surface area contributed by atoms with E-state index in [1.165, 1.54) is 28.6 Å². The van der Waals surface area contributed by atoms with Gasteiger partial charge in [-0.2, -0.15) is 9.29 Å². The Kier molecular flexibility index (Phi) is 5.41. The van der Waals surface area contributed by atoms with Crippen molar-refractivity contribution >= 4 is 16.0 Å². The van der Waals surface area contributed by atoms with Crippen LogP contribution in [0.15, 0.2) is 64.0 Å². The van der Waals surface area contributed by atoms with Gasteiger partial charge in [0.2, 0.25) is 15.8 Å². The van der Waals surface area contributed by atoms with E-state index in [0.717, 1.165) is 18.4 Å². The minimum atomic E-state index is -3.51. The molecule has 29 heavy (non-hydrogen) atoms. The lowest BCUT2D eigenvalue weighted by Crippen LogP contribution is -2.27. The number of rotatable bonds is 6. The summed E-state index contributed by atoms with van der Waals surface area (Å²) < 4.78 is 36.8. The van der Waals surface area contributed by atoms with Crippen LogP contribution < -0.4 is 0 Å². The molecule has 150 valence electrons. The lowest BCUT2D eigenvalue weighted by Gasteiger charge is -2.15. The minimum Gasteiger partial charge on any atom is -0.452 e. The molecule has 0 radical (unpaired) electrons. The van der Waals surface area contributed by atoms with E-state index in [4.69, 9.17) is 9.26 Å². The molecule has 0 aliphatic carbocycles. The van der Waals surface area contributed by atoms with E-state index >= 15 is 0 Å². The van der Waals surface area contributed by atoms with Gasteiger partial charge in [-0.15, -0.1) is 0 Å². The molecule has 2 aromatic carbocycles. The molecular weight excluding hydrogens is 394 g/mol. The largest absolute Gasteiger partial charge is 0.452 e. The van der Waals surface area contributed by atoms with Gasteiger partial charge in [0.1, 0.15) is 0 Å². The van der Waals surface area contributed by atoms with Gasteiger partial charge in [-0.1, -0.05) is 35.5 Å². The van der Waals surface area contributed by atoms with Crippen molar-refractivity contribution in [3.8, 4) is 11.4 Å². The zero-order chi connectivity index (χ0) is 20.3. The Balaban J connectivity index is 1.38. The van der Waals surface area contributed by atoms with Crippen molar-refractivity contribution in [2.75, 3.05) is 13.1 Å². The van der Waals surface area contributed by atoms with Crippen LogP contribution in [0.1, 0.15) is 29.1 Å². The number of aromatic nitrogens is 2. The van der Waals surface area contributed by atoms with Gasteiger partial charge in [0.25, 0.3) is 5.89 Å². The minimum absolute atomic E-state index is 0.167. The molecule has 1 saturated heterocycles. The maximum Gasteiger partial charge on any atom is 0.338 e. The number of nitrogens with zero attached hydrogens (tertiary/aromatic N) is 3. The average molecular weight is 413 g/mol. The molecule has 0 N–H and O–H groups in total. The highest BCUT2D eigenvalue weighted by molar-refractivity contribution is 7.89. The molecule has 0 unspecified atom stereocenters. The van der Waals surface area contributed by atoms with E-state index in [-0.39, 0.29) is 23.0 Å². The van der Waals surface area contributed by atoms with Crippen LogP contribution in [0.3, 0.4) is 0 Å². The monoisotopic (exact) mass is 413 g/mol. The number of sulfonamides is 1. The summed E-state index contributed by atoms with van der Waals surface area (Å²) in [5.41, 5.74) is 1.04. The van der Waals surface area contributed by atoms with Gasteiger partial charge >= 0.3 is 5.97 Å². The number of hydrogen-bond acceptors (Lipinski definition) is 7. The molecule has 0 spiro atoms. The van der Waals surface area contributed by atoms with Gasteiger partial charge in [-0.3, -0.25) is 0 Å². The lowest BCUT2D eigenvalue weighted by atomic mass is 10.2. The Morgan fingerprint density at radius 3 is 2.41 bits per heavy atom. The molecule has 0 saturated carbocycles. The van der Waals surface area contributed by atoms with Crippen LogP contribution in [0.5, 0.6) is 0 Å². The van der Waals surface area contributed by atoms with Crippen LogP contribution in [0.2, 0.25) is 0 Å². The van der Waals surface area contributed by atoms with Gasteiger partial charge in [0.05, 0.1) is 10.5 Å². The van der Waals surface area contributed by atoms with Crippen LogP contribution in [-0.4, -0.2) is 41.9 Å². The highest BCUT2D eigenvalue weighted by Crippen LogP contribution is 2.21. The van der Waals surface area contributed by atoms with E-state index < -0.39 is 16.0 Å². The Morgan fingerprint density at radius 2 is 1.72 bits per heavy atom. The molecule has 4 rings (SSSR count). The van der Waals surface area contributed by atoms with E-state index in [0.29, 0.717) is 18.9 Å². The summed E-state index contributed by atoms with van der Waals surface area (Å²) in [7, 11) is -3.51. The van der Waals surface area contributed by atoms with Crippen molar-refractivity contribution in [1.29, 1.82) is 0 Å². The van der Waals surface area contributed by atoms with Gasteiger partial charge < -0.3 is 9.26 Å². The van der Waals surface area contributed by atoms with Crippen LogP contribution in [0.25, 0.3) is 11.4 Å². The normalized spacial score (nSPS) is 14.8. The van der Waals surface area contributed by atoms with E-state index in [2.05, 4.69) is 10.1 Å². The Morgan fingerprint density at radius 1 is 1.03 bits per heavy atom. The fraction of sp³-hybridized carbons (Fsp3) is 0.250. The first-order chi connectivity index (χ1) is 14.0. The van der Waals surface area contributed by atoms with E-state index in [1.54, 1.807) is 0 Å². The summed E-state index contributed by atoms with van der Waals surface area (Å²) in [6.45, 7) is 0.884. The molecule has 2 heterocycles. The molecule has 1 aliphatic rings. The third kappa shape index (κ3) is 4.20. The highest BCUT2D eigenvalue weighted by Gasteiger charge is 2.27. The second-order valence-corrected chi connectivity index (χ2v) is 8.53. The second kappa shape index (κ2) is 8.14. The Hall–Kier alpha value is -3.04. The standard InChI is InChI=1S/C20H19N3O5S/c24-20(27-14-18-21-19(22-28-18)15-6-2-1-3-7-15)16-8-10-17(11-9-16)29(25,26)23-12-4-5-13-23/h1-3,6-11H,4-5,12-14H2. The summed E-state index contributed by atoms with van der Waals surface area (Å²) in [4.78, 5) is 16.6. The first kappa shape index (κ1) is 19.3. The van der Waals surface area contributed by atoms with E-state index in [9.17, 15) is 13.2 Å². The van der Waals surface area contributed by atoms with Crippen molar-refractivity contribution in [3.63, 3.8) is 0 Å². The third-order valence-electron chi connectivity index (χ3n) is 4.62. The number of ether oxygens (including phenoxy) is 1. The molecule has 1 aliphatic heterocycles. The molecule has 0 amide bonds. The summed E-state index contributed by atoms with van der Waals surface area (Å²) in [6, 6.07) is 15.0. The fourth-order valence-corrected chi connectivity index (χ4v) is 4.59. The molecule has 0 bridgehead atoms. The fourth-order valence-electron chi connectivity index (χ4n) is 3.07.